The number of hydrogen-bond acceptors (Lipinski definition) is 2. The maximum absolute atomic E-state index is 9.11. The Hall–Kier alpha value is 1.81. The zero-order valence-corrected chi connectivity index (χ0v) is 12.3. The van der Waals surface area contributed by atoms with Gasteiger partial charge < -0.3 is 1.43 Å². The molecular weight excluding hydrogens is 262 g/mol. The zero-order chi connectivity index (χ0) is 8.62. The maximum atomic E-state index is 9.11. The summed E-state index contributed by atoms with van der Waals surface area (Å²) in [5.41, 5.74) is 0. The summed E-state index contributed by atoms with van der Waals surface area (Å²) >= 11 is 4.42. The van der Waals surface area contributed by atoms with Gasteiger partial charge in [-0.3, -0.25) is 9.11 Å². The molecule has 0 aromatic carbocycles. The van der Waals surface area contributed by atoms with E-state index in [4.69, 9.17) is 13.3 Å². The van der Waals surface area contributed by atoms with E-state index in [0.717, 1.165) is 15.0 Å². The van der Waals surface area contributed by atoms with E-state index in [0.29, 0.717) is 0 Å². The van der Waals surface area contributed by atoms with Gasteiger partial charge in [-0.25, -0.2) is 0 Å². The molecule has 0 aromatic rings. The van der Waals surface area contributed by atoms with E-state index in [9.17, 15) is 0 Å². The Balaban J connectivity index is -0.0000000457. The molecule has 0 unspecified atom stereocenters. The molecule has 3 nitrogen and oxygen atoms in total. The van der Waals surface area contributed by atoms with Crippen molar-refractivity contribution in [1.82, 2.24) is 0 Å². The summed E-state index contributed by atoms with van der Waals surface area (Å²) in [6.07, 6.45) is 0. The Bertz CT molecular complexity index is 142. The molecule has 0 amide bonds. The van der Waals surface area contributed by atoms with Crippen LogP contribution in [0.3, 0.4) is 0 Å². The van der Waals surface area contributed by atoms with Crippen molar-refractivity contribution in [3.63, 3.8) is 0 Å². The van der Waals surface area contributed by atoms with Crippen LogP contribution in [0.5, 0.6) is 0 Å². The predicted molar refractivity (Wildman–Crippen MR) is 48.6 cm³/mol. The van der Waals surface area contributed by atoms with Crippen LogP contribution in [0.1, 0.15) is 15.3 Å². The van der Waals surface area contributed by atoms with Crippen molar-refractivity contribution in [3.05, 3.63) is 0 Å². The van der Waals surface area contributed by atoms with Gasteiger partial charge in [-0.15, -0.1) is 0 Å². The molecule has 66 valence electrons. The average molecular weight is 275 g/mol. The van der Waals surface area contributed by atoms with Crippen molar-refractivity contribution < 1.29 is 44.3 Å². The van der Waals surface area contributed by atoms with Crippen LogP contribution in [-0.4, -0.2) is 28.3 Å². The molecular formula is C4H13NaO3S2Se. The van der Waals surface area contributed by atoms with Gasteiger partial charge in [-0.2, -0.15) is 4.21 Å². The fourth-order valence-electron chi connectivity index (χ4n) is 0.204. The molecule has 11 heavy (non-hydrogen) atoms. The first-order valence-corrected chi connectivity index (χ1v) is 7.51. The van der Waals surface area contributed by atoms with E-state index in [1.807, 2.05) is 0 Å². The van der Waals surface area contributed by atoms with Crippen LogP contribution < -0.4 is 29.6 Å². The maximum Gasteiger partial charge on any atom is 1.00 e. The molecule has 0 spiro atoms. The fraction of sp³-hybridized carbons (Fsp3) is 1.00. The Morgan fingerprint density at radius 3 is 1.64 bits per heavy atom. The predicted octanol–water partition coefficient (Wildman–Crippen LogP) is -1.64. The van der Waals surface area contributed by atoms with Crippen molar-refractivity contribution in [2.45, 2.75) is 24.5 Å². The van der Waals surface area contributed by atoms with Crippen LogP contribution in [0, 0.1) is 0 Å². The molecule has 0 aromatic heterocycles. The van der Waals surface area contributed by atoms with Crippen molar-refractivity contribution in [2.24, 2.45) is 0 Å². The van der Waals surface area contributed by atoms with E-state index in [1.54, 1.807) is 0 Å². The van der Waals surface area contributed by atoms with E-state index in [1.165, 1.54) is 10.6 Å². The van der Waals surface area contributed by atoms with Crippen LogP contribution in [0.15, 0.2) is 0 Å². The minimum atomic E-state index is -3.83. The van der Waals surface area contributed by atoms with Crippen LogP contribution in [-0.2, 0) is 20.2 Å². The standard InChI is InChI=1S/C4H10Se.Na.H2O3S2.H/c1-3-5-4-2;;1-5(2,3)4;/h3-4H2,1-2H3;;(H2,1,2,3,4);/q;+1;;-1. The summed E-state index contributed by atoms with van der Waals surface area (Å²) < 4.78 is 24.0. The third kappa shape index (κ3) is 78.3. The van der Waals surface area contributed by atoms with Crippen molar-refractivity contribution in [1.29, 1.82) is 0 Å². The van der Waals surface area contributed by atoms with Gasteiger partial charge >= 0.3 is 69.0 Å². The van der Waals surface area contributed by atoms with Gasteiger partial charge in [-0.05, 0) is 0 Å². The number of rotatable bonds is 2. The van der Waals surface area contributed by atoms with Gasteiger partial charge in [0.25, 0.3) is 9.05 Å². The van der Waals surface area contributed by atoms with Gasteiger partial charge in [-0.1, -0.05) is 0 Å². The first-order valence-electron chi connectivity index (χ1n) is 2.69. The molecule has 7 heteroatoms. The molecule has 0 saturated carbocycles. The molecule has 0 aliphatic rings. The Morgan fingerprint density at radius 2 is 1.64 bits per heavy atom. The van der Waals surface area contributed by atoms with Gasteiger partial charge in [0.1, 0.15) is 0 Å². The minimum absolute atomic E-state index is 0. The average Bonchev–Trinajstić information content (AvgIpc) is 1.63. The Labute approximate surface area is 103 Å². The summed E-state index contributed by atoms with van der Waals surface area (Å²) in [7, 11) is -3.83. The second-order valence-electron chi connectivity index (χ2n) is 1.23. The van der Waals surface area contributed by atoms with Crippen LogP contribution in [0.2, 0.25) is 10.6 Å². The van der Waals surface area contributed by atoms with E-state index in [2.05, 4.69) is 25.0 Å². The normalized spacial score (nSPS) is 9.09. The Morgan fingerprint density at radius 1 is 1.45 bits per heavy atom. The molecule has 0 bridgehead atoms. The van der Waals surface area contributed by atoms with Crippen LogP contribution >= 0.6 is 0 Å². The van der Waals surface area contributed by atoms with E-state index >= 15 is 0 Å². The Kier molecular flexibility index (Phi) is 19.9. The monoisotopic (exact) mass is 276 g/mol. The third-order valence-electron chi connectivity index (χ3n) is 0.408. The molecule has 0 rings (SSSR count). The van der Waals surface area contributed by atoms with Crippen molar-refractivity contribution in [2.75, 3.05) is 0 Å². The first kappa shape index (κ1) is 18.6. The van der Waals surface area contributed by atoms with Crippen molar-refractivity contribution >= 4 is 35.2 Å². The molecule has 0 aliphatic carbocycles. The van der Waals surface area contributed by atoms with Crippen LogP contribution in [0.4, 0.5) is 0 Å². The molecule has 0 aliphatic heterocycles. The van der Waals surface area contributed by atoms with Gasteiger partial charge in [0.2, 0.25) is 0 Å². The summed E-state index contributed by atoms with van der Waals surface area (Å²) in [6.45, 7) is 4.48. The number of hydrogen-bond donors (Lipinski definition) is 2. The summed E-state index contributed by atoms with van der Waals surface area (Å²) in [5.74, 6) is 0. The first-order chi connectivity index (χ1) is 4.41. The smallest absolute Gasteiger partial charge is 1.00 e. The molecule has 0 saturated heterocycles. The van der Waals surface area contributed by atoms with E-state index in [-0.39, 0.29) is 31.0 Å². The van der Waals surface area contributed by atoms with Crippen LogP contribution in [0.25, 0.3) is 0 Å². The molecule has 0 radical (unpaired) electrons. The second kappa shape index (κ2) is 11.8. The topological polar surface area (TPSA) is 57.5 Å². The second-order valence-corrected chi connectivity index (χ2v) is 6.71. The van der Waals surface area contributed by atoms with Gasteiger partial charge in [0.05, 0.1) is 0 Å². The zero-order valence-electron chi connectivity index (χ0n) is 7.94. The molecule has 0 atom stereocenters. The van der Waals surface area contributed by atoms with Gasteiger partial charge in [0.15, 0.2) is 0 Å². The third-order valence-corrected chi connectivity index (χ3v) is 2.12. The fourth-order valence-corrected chi connectivity index (χ4v) is 1.06. The molecule has 2 N–H and O–H groups in total. The summed E-state index contributed by atoms with van der Waals surface area (Å²) in [5, 5.41) is 2.81. The van der Waals surface area contributed by atoms with E-state index < -0.39 is 9.05 Å². The molecule has 0 fully saturated rings. The largest absolute Gasteiger partial charge is 1.00 e. The van der Waals surface area contributed by atoms with Gasteiger partial charge in [0, 0.05) is 11.2 Å². The quantitative estimate of drug-likeness (QED) is 0.594. The minimum Gasteiger partial charge on any atom is -1.00 e. The van der Waals surface area contributed by atoms with Crippen molar-refractivity contribution in [3.8, 4) is 0 Å². The molecule has 0 heterocycles. The SMILES string of the molecule is CC[Se]CC.O=S(O)(O)=S.[H-].[Na+]. The summed E-state index contributed by atoms with van der Waals surface area (Å²) in [6, 6.07) is 0. The summed E-state index contributed by atoms with van der Waals surface area (Å²) in [4.78, 5) is 0.